The molecule has 21 heavy (non-hydrogen) atoms. The standard InChI is InChI=1S/C16H12O5/c1-21-11-6-4-5-10(9-11)14(17)15(18)12-7-2-3-8-13(12)16(19)20/h2-9H,1H3,(H,19,20). The first-order chi connectivity index (χ1) is 10.0. The van der Waals surface area contributed by atoms with Crippen LogP contribution in [0.4, 0.5) is 0 Å². The Balaban J connectivity index is 2.40. The van der Waals surface area contributed by atoms with Gasteiger partial charge in [0.15, 0.2) is 0 Å². The Hall–Kier alpha value is -2.95. The lowest BCUT2D eigenvalue weighted by atomic mass is 9.97. The third-order valence-electron chi connectivity index (χ3n) is 2.94. The summed E-state index contributed by atoms with van der Waals surface area (Å²) in [6.45, 7) is 0. The molecule has 106 valence electrons. The van der Waals surface area contributed by atoms with Gasteiger partial charge in [0.25, 0.3) is 0 Å². The lowest BCUT2D eigenvalue weighted by Crippen LogP contribution is -2.18. The number of methoxy groups -OCH3 is 1. The van der Waals surface area contributed by atoms with Crippen molar-refractivity contribution in [1.82, 2.24) is 0 Å². The molecule has 0 aliphatic heterocycles. The largest absolute Gasteiger partial charge is 0.497 e. The minimum Gasteiger partial charge on any atom is -0.497 e. The van der Waals surface area contributed by atoms with Crippen LogP contribution in [0, 0.1) is 0 Å². The Labute approximate surface area is 120 Å². The van der Waals surface area contributed by atoms with Gasteiger partial charge in [-0.15, -0.1) is 0 Å². The van der Waals surface area contributed by atoms with Crippen molar-refractivity contribution in [2.45, 2.75) is 0 Å². The SMILES string of the molecule is COc1cccc(C(=O)C(=O)c2ccccc2C(=O)O)c1. The molecule has 0 radical (unpaired) electrons. The van der Waals surface area contributed by atoms with Gasteiger partial charge in [-0.2, -0.15) is 0 Å². The van der Waals surface area contributed by atoms with E-state index in [-0.39, 0.29) is 16.7 Å². The molecule has 0 fully saturated rings. The monoisotopic (exact) mass is 284 g/mol. The zero-order valence-electron chi connectivity index (χ0n) is 11.2. The Bertz CT molecular complexity index is 718. The maximum Gasteiger partial charge on any atom is 0.336 e. The van der Waals surface area contributed by atoms with E-state index >= 15 is 0 Å². The molecule has 0 heterocycles. The van der Waals surface area contributed by atoms with Crippen molar-refractivity contribution in [2.75, 3.05) is 7.11 Å². The Morgan fingerprint density at radius 3 is 2.19 bits per heavy atom. The average Bonchev–Trinajstić information content (AvgIpc) is 2.53. The molecular weight excluding hydrogens is 272 g/mol. The van der Waals surface area contributed by atoms with Crippen LogP contribution in [-0.2, 0) is 0 Å². The molecular formula is C16H12O5. The normalized spacial score (nSPS) is 9.95. The van der Waals surface area contributed by atoms with Crippen molar-refractivity contribution >= 4 is 17.5 Å². The van der Waals surface area contributed by atoms with Crippen LogP contribution in [0.2, 0.25) is 0 Å². The van der Waals surface area contributed by atoms with E-state index < -0.39 is 17.5 Å². The smallest absolute Gasteiger partial charge is 0.336 e. The summed E-state index contributed by atoms with van der Waals surface area (Å²) in [5.74, 6) is -2.44. The number of carboxylic acid groups (broad SMARTS) is 1. The lowest BCUT2D eigenvalue weighted by Gasteiger charge is -2.05. The van der Waals surface area contributed by atoms with Gasteiger partial charge in [0.2, 0.25) is 11.6 Å². The molecule has 1 N–H and O–H groups in total. The van der Waals surface area contributed by atoms with E-state index in [9.17, 15) is 14.4 Å². The third-order valence-corrected chi connectivity index (χ3v) is 2.94. The highest BCUT2D eigenvalue weighted by Gasteiger charge is 2.23. The second-order valence-electron chi connectivity index (χ2n) is 4.24. The molecule has 2 aromatic rings. The summed E-state index contributed by atoms with van der Waals surface area (Å²) in [5.41, 5.74) is -0.170. The highest BCUT2D eigenvalue weighted by atomic mass is 16.5. The first kappa shape index (κ1) is 14.5. The van der Waals surface area contributed by atoms with Crippen LogP contribution in [0.5, 0.6) is 5.75 Å². The molecule has 5 heteroatoms. The molecule has 0 atom stereocenters. The molecule has 0 aliphatic rings. The van der Waals surface area contributed by atoms with Gasteiger partial charge >= 0.3 is 5.97 Å². The molecule has 0 bridgehead atoms. The summed E-state index contributed by atoms with van der Waals surface area (Å²) < 4.78 is 4.99. The number of carbonyl (C=O) groups is 3. The molecule has 0 unspecified atom stereocenters. The number of ketones is 2. The molecule has 0 aliphatic carbocycles. The quantitative estimate of drug-likeness (QED) is 0.673. The Morgan fingerprint density at radius 2 is 1.57 bits per heavy atom. The van der Waals surface area contributed by atoms with Gasteiger partial charge in [0, 0.05) is 11.1 Å². The minimum absolute atomic E-state index is 0.127. The topological polar surface area (TPSA) is 80.7 Å². The fourth-order valence-corrected chi connectivity index (χ4v) is 1.89. The van der Waals surface area contributed by atoms with E-state index in [0.717, 1.165) is 0 Å². The summed E-state index contributed by atoms with van der Waals surface area (Å²) in [6, 6.07) is 11.8. The van der Waals surface area contributed by atoms with Crippen LogP contribution in [0.15, 0.2) is 48.5 Å². The molecule has 0 aromatic heterocycles. The van der Waals surface area contributed by atoms with Crippen LogP contribution in [0.1, 0.15) is 31.1 Å². The number of carbonyl (C=O) groups excluding carboxylic acids is 2. The number of benzene rings is 2. The van der Waals surface area contributed by atoms with Crippen LogP contribution in [0.3, 0.4) is 0 Å². The number of rotatable bonds is 5. The number of aromatic carboxylic acids is 1. The van der Waals surface area contributed by atoms with Gasteiger partial charge < -0.3 is 9.84 Å². The van der Waals surface area contributed by atoms with Crippen molar-refractivity contribution in [1.29, 1.82) is 0 Å². The summed E-state index contributed by atoms with van der Waals surface area (Å²) in [5, 5.41) is 9.07. The molecule has 0 amide bonds. The summed E-state index contributed by atoms with van der Waals surface area (Å²) >= 11 is 0. The van der Waals surface area contributed by atoms with Crippen molar-refractivity contribution in [3.63, 3.8) is 0 Å². The van der Waals surface area contributed by atoms with E-state index in [4.69, 9.17) is 9.84 Å². The average molecular weight is 284 g/mol. The zero-order valence-corrected chi connectivity index (χ0v) is 11.2. The van der Waals surface area contributed by atoms with E-state index in [1.165, 1.54) is 43.5 Å². The zero-order chi connectivity index (χ0) is 15.4. The van der Waals surface area contributed by atoms with Crippen LogP contribution < -0.4 is 4.74 Å². The molecule has 0 saturated heterocycles. The van der Waals surface area contributed by atoms with E-state index in [2.05, 4.69) is 0 Å². The number of ether oxygens (including phenoxy) is 1. The summed E-state index contributed by atoms with van der Waals surface area (Å²) in [6.07, 6.45) is 0. The van der Waals surface area contributed by atoms with Crippen molar-refractivity contribution < 1.29 is 24.2 Å². The van der Waals surface area contributed by atoms with E-state index in [0.29, 0.717) is 5.75 Å². The lowest BCUT2D eigenvalue weighted by molar-refractivity contribution is 0.0691. The third kappa shape index (κ3) is 2.97. The van der Waals surface area contributed by atoms with Gasteiger partial charge in [-0.05, 0) is 18.2 Å². The van der Waals surface area contributed by atoms with E-state index in [1.54, 1.807) is 12.1 Å². The Morgan fingerprint density at radius 1 is 0.905 bits per heavy atom. The van der Waals surface area contributed by atoms with Gasteiger partial charge in [-0.1, -0.05) is 30.3 Å². The molecule has 0 saturated carbocycles. The maximum absolute atomic E-state index is 12.2. The highest BCUT2D eigenvalue weighted by Crippen LogP contribution is 2.17. The minimum atomic E-state index is -1.25. The van der Waals surface area contributed by atoms with Gasteiger partial charge in [0.1, 0.15) is 5.75 Å². The molecule has 5 nitrogen and oxygen atoms in total. The summed E-state index contributed by atoms with van der Waals surface area (Å²) in [7, 11) is 1.45. The summed E-state index contributed by atoms with van der Waals surface area (Å²) in [4.78, 5) is 35.5. The predicted molar refractivity (Wildman–Crippen MR) is 75.1 cm³/mol. The first-order valence-corrected chi connectivity index (χ1v) is 6.10. The molecule has 0 spiro atoms. The Kier molecular flexibility index (Phi) is 4.13. The molecule has 2 aromatic carbocycles. The van der Waals surface area contributed by atoms with E-state index in [1.807, 2.05) is 0 Å². The van der Waals surface area contributed by atoms with Crippen LogP contribution in [-0.4, -0.2) is 29.8 Å². The van der Waals surface area contributed by atoms with Crippen molar-refractivity contribution in [3.05, 3.63) is 65.2 Å². The fourth-order valence-electron chi connectivity index (χ4n) is 1.89. The van der Waals surface area contributed by atoms with Crippen molar-refractivity contribution in [3.8, 4) is 5.75 Å². The van der Waals surface area contributed by atoms with Gasteiger partial charge in [-0.3, -0.25) is 9.59 Å². The number of hydrogen-bond acceptors (Lipinski definition) is 4. The van der Waals surface area contributed by atoms with Crippen LogP contribution in [0.25, 0.3) is 0 Å². The number of hydrogen-bond donors (Lipinski definition) is 1. The second-order valence-corrected chi connectivity index (χ2v) is 4.24. The maximum atomic E-state index is 12.2. The fraction of sp³-hybridized carbons (Fsp3) is 0.0625. The number of Topliss-reactive ketones (excluding diaryl/α,β-unsaturated/α-hetero) is 2. The first-order valence-electron chi connectivity index (χ1n) is 6.10. The number of carboxylic acids is 1. The van der Waals surface area contributed by atoms with Gasteiger partial charge in [-0.25, -0.2) is 4.79 Å². The van der Waals surface area contributed by atoms with Gasteiger partial charge in [0.05, 0.1) is 12.7 Å². The second kappa shape index (κ2) is 6.00. The molecule has 2 rings (SSSR count). The predicted octanol–water partition coefficient (Wildman–Crippen LogP) is 2.46. The highest BCUT2D eigenvalue weighted by molar-refractivity contribution is 6.50. The van der Waals surface area contributed by atoms with Crippen molar-refractivity contribution in [2.24, 2.45) is 0 Å². The van der Waals surface area contributed by atoms with Crippen LogP contribution >= 0.6 is 0 Å².